The Bertz CT molecular complexity index is 1010. The Morgan fingerprint density at radius 1 is 1.12 bits per heavy atom. The average Bonchev–Trinajstić information content (AvgIpc) is 3.08. The SMILES string of the molecule is CC(C)Oc1ccc(/C(O)=C2\C(=O)C(=O)N(CCN3CCOCC3)[C@@H]2c2ccccn2)cc1. The second-order valence-corrected chi connectivity index (χ2v) is 8.39. The van der Waals surface area contributed by atoms with Gasteiger partial charge in [0.15, 0.2) is 0 Å². The molecule has 1 atom stereocenters. The van der Waals surface area contributed by atoms with Gasteiger partial charge in [0.1, 0.15) is 17.6 Å². The number of nitrogens with zero attached hydrogens (tertiary/aromatic N) is 3. The number of hydrogen-bond donors (Lipinski definition) is 1. The van der Waals surface area contributed by atoms with Crippen LogP contribution in [0.2, 0.25) is 0 Å². The lowest BCUT2D eigenvalue weighted by Crippen LogP contribution is -2.42. The highest BCUT2D eigenvalue weighted by Crippen LogP contribution is 2.38. The minimum Gasteiger partial charge on any atom is -0.507 e. The van der Waals surface area contributed by atoms with Crippen LogP contribution in [-0.4, -0.2) is 77.1 Å². The van der Waals surface area contributed by atoms with E-state index in [1.165, 1.54) is 4.90 Å². The molecule has 0 radical (unpaired) electrons. The van der Waals surface area contributed by atoms with Gasteiger partial charge in [-0.3, -0.25) is 19.5 Å². The quantitative estimate of drug-likeness (QED) is 0.393. The lowest BCUT2D eigenvalue weighted by atomic mass is 9.98. The second-order valence-electron chi connectivity index (χ2n) is 8.39. The largest absolute Gasteiger partial charge is 0.507 e. The number of carbonyl (C=O) groups excluding carboxylic acids is 2. The number of benzene rings is 1. The minimum atomic E-state index is -0.751. The van der Waals surface area contributed by atoms with Crippen molar-refractivity contribution < 1.29 is 24.2 Å². The van der Waals surface area contributed by atoms with Crippen molar-refractivity contribution in [2.24, 2.45) is 0 Å². The van der Waals surface area contributed by atoms with E-state index < -0.39 is 17.7 Å². The van der Waals surface area contributed by atoms with Gasteiger partial charge in [0.05, 0.1) is 30.6 Å². The number of pyridine rings is 1. The number of hydrogen-bond acceptors (Lipinski definition) is 7. The highest BCUT2D eigenvalue weighted by atomic mass is 16.5. The smallest absolute Gasteiger partial charge is 0.295 e. The molecule has 0 saturated carbocycles. The summed E-state index contributed by atoms with van der Waals surface area (Å²) in [6, 6.07) is 11.4. The van der Waals surface area contributed by atoms with Crippen LogP contribution in [0.25, 0.3) is 5.76 Å². The predicted octanol–water partition coefficient (Wildman–Crippen LogP) is 2.62. The fourth-order valence-corrected chi connectivity index (χ4v) is 4.15. The first-order valence-corrected chi connectivity index (χ1v) is 11.2. The summed E-state index contributed by atoms with van der Waals surface area (Å²) in [6.45, 7) is 7.69. The van der Waals surface area contributed by atoms with E-state index in [2.05, 4.69) is 9.88 Å². The lowest BCUT2D eigenvalue weighted by molar-refractivity contribution is -0.140. The van der Waals surface area contributed by atoms with Gasteiger partial charge in [0, 0.05) is 37.9 Å². The zero-order chi connectivity index (χ0) is 23.4. The van der Waals surface area contributed by atoms with Crippen LogP contribution in [-0.2, 0) is 14.3 Å². The summed E-state index contributed by atoms with van der Waals surface area (Å²) in [5, 5.41) is 11.1. The molecular formula is C25H29N3O5. The van der Waals surface area contributed by atoms with Crippen LogP contribution in [0.5, 0.6) is 5.75 Å². The third-order valence-corrected chi connectivity index (χ3v) is 5.77. The Morgan fingerprint density at radius 2 is 1.85 bits per heavy atom. The van der Waals surface area contributed by atoms with Crippen LogP contribution in [0, 0.1) is 0 Å². The molecule has 1 amide bonds. The third kappa shape index (κ3) is 5.07. The maximum atomic E-state index is 13.1. The number of aliphatic hydroxyl groups excluding tert-OH is 1. The Balaban J connectivity index is 1.67. The van der Waals surface area contributed by atoms with E-state index in [4.69, 9.17) is 9.47 Å². The molecule has 8 nitrogen and oxygen atoms in total. The molecule has 2 aromatic rings. The summed E-state index contributed by atoms with van der Waals surface area (Å²) >= 11 is 0. The number of aromatic nitrogens is 1. The van der Waals surface area contributed by atoms with Crippen molar-refractivity contribution in [3.63, 3.8) is 0 Å². The highest BCUT2D eigenvalue weighted by Gasteiger charge is 2.46. The number of aliphatic hydroxyl groups is 1. The Morgan fingerprint density at radius 3 is 2.48 bits per heavy atom. The van der Waals surface area contributed by atoms with Crippen molar-refractivity contribution in [2.45, 2.75) is 26.0 Å². The molecule has 33 heavy (non-hydrogen) atoms. The van der Waals surface area contributed by atoms with Crippen LogP contribution < -0.4 is 4.74 Å². The van der Waals surface area contributed by atoms with Crippen LogP contribution in [0.1, 0.15) is 31.1 Å². The molecule has 3 heterocycles. The zero-order valence-electron chi connectivity index (χ0n) is 18.9. The first kappa shape index (κ1) is 22.9. The monoisotopic (exact) mass is 451 g/mol. The van der Waals surface area contributed by atoms with Gasteiger partial charge in [-0.1, -0.05) is 6.07 Å². The van der Waals surface area contributed by atoms with Crippen LogP contribution in [0.3, 0.4) is 0 Å². The molecule has 2 aliphatic rings. The summed E-state index contributed by atoms with van der Waals surface area (Å²) in [5.74, 6) is -0.879. The molecule has 0 unspecified atom stereocenters. The van der Waals surface area contributed by atoms with Crippen molar-refractivity contribution in [2.75, 3.05) is 39.4 Å². The first-order valence-electron chi connectivity index (χ1n) is 11.2. The predicted molar refractivity (Wildman–Crippen MR) is 123 cm³/mol. The molecule has 174 valence electrons. The van der Waals surface area contributed by atoms with Gasteiger partial charge in [-0.25, -0.2) is 0 Å². The van der Waals surface area contributed by atoms with Gasteiger partial charge in [0.25, 0.3) is 11.7 Å². The average molecular weight is 452 g/mol. The molecule has 1 aromatic heterocycles. The minimum absolute atomic E-state index is 0.0189. The van der Waals surface area contributed by atoms with Crippen molar-refractivity contribution in [1.29, 1.82) is 0 Å². The third-order valence-electron chi connectivity index (χ3n) is 5.77. The normalized spacial score (nSPS) is 21.1. The molecule has 2 saturated heterocycles. The van der Waals surface area contributed by atoms with Crippen LogP contribution in [0.4, 0.5) is 0 Å². The standard InChI is InChI=1S/C25H29N3O5/c1-17(2)33-19-8-6-18(7-9-19)23(29)21-22(20-5-3-4-10-26-20)28(25(31)24(21)30)12-11-27-13-15-32-16-14-27/h3-10,17,22,29H,11-16H2,1-2H3/b23-21+/t22-/m1/s1. The molecular weight excluding hydrogens is 422 g/mol. The fraction of sp³-hybridized carbons (Fsp3) is 0.400. The fourth-order valence-electron chi connectivity index (χ4n) is 4.15. The van der Waals surface area contributed by atoms with Crippen LogP contribution >= 0.6 is 0 Å². The number of ether oxygens (including phenoxy) is 2. The number of ketones is 1. The van der Waals surface area contributed by atoms with Crippen molar-refractivity contribution >= 4 is 17.4 Å². The molecule has 0 bridgehead atoms. The Kier molecular flexibility index (Phi) is 7.05. The highest BCUT2D eigenvalue weighted by molar-refractivity contribution is 6.46. The van der Waals surface area contributed by atoms with E-state index in [0.29, 0.717) is 43.3 Å². The van der Waals surface area contributed by atoms with Crippen molar-refractivity contribution in [1.82, 2.24) is 14.8 Å². The lowest BCUT2D eigenvalue weighted by Gasteiger charge is -2.30. The molecule has 1 aromatic carbocycles. The number of rotatable bonds is 7. The number of amides is 1. The van der Waals surface area contributed by atoms with E-state index in [1.807, 2.05) is 19.9 Å². The summed E-state index contributed by atoms with van der Waals surface area (Å²) in [5.41, 5.74) is 1.04. The van der Waals surface area contributed by atoms with Crippen molar-refractivity contribution in [3.05, 3.63) is 65.5 Å². The first-order chi connectivity index (χ1) is 16.0. The molecule has 0 aliphatic carbocycles. The van der Waals surface area contributed by atoms with Gasteiger partial charge < -0.3 is 19.5 Å². The van der Waals surface area contributed by atoms with Gasteiger partial charge in [0.2, 0.25) is 0 Å². The summed E-state index contributed by atoms with van der Waals surface area (Å²) in [7, 11) is 0. The van der Waals surface area contributed by atoms with E-state index >= 15 is 0 Å². The van der Waals surface area contributed by atoms with E-state index in [-0.39, 0.29) is 17.4 Å². The molecule has 1 N–H and O–H groups in total. The van der Waals surface area contributed by atoms with E-state index in [9.17, 15) is 14.7 Å². The zero-order valence-corrected chi connectivity index (χ0v) is 18.9. The summed E-state index contributed by atoms with van der Waals surface area (Å²) < 4.78 is 11.1. The summed E-state index contributed by atoms with van der Waals surface area (Å²) in [6.07, 6.45) is 1.64. The Hall–Kier alpha value is -3.23. The van der Waals surface area contributed by atoms with Gasteiger partial charge in [-0.15, -0.1) is 0 Å². The molecule has 0 spiro atoms. The molecule has 4 rings (SSSR count). The number of likely N-dealkylation sites (tertiary alicyclic amines) is 1. The number of carbonyl (C=O) groups is 2. The van der Waals surface area contributed by atoms with Crippen LogP contribution in [0.15, 0.2) is 54.2 Å². The van der Waals surface area contributed by atoms with Gasteiger partial charge >= 0.3 is 0 Å². The maximum Gasteiger partial charge on any atom is 0.295 e. The van der Waals surface area contributed by atoms with Gasteiger partial charge in [-0.2, -0.15) is 0 Å². The Labute approximate surface area is 193 Å². The topological polar surface area (TPSA) is 92.2 Å². The van der Waals surface area contributed by atoms with E-state index in [0.717, 1.165) is 13.1 Å². The summed E-state index contributed by atoms with van der Waals surface area (Å²) in [4.78, 5) is 34.2. The number of morpholine rings is 1. The molecule has 2 fully saturated rings. The molecule has 2 aliphatic heterocycles. The van der Waals surface area contributed by atoms with E-state index in [1.54, 1.807) is 42.6 Å². The second kappa shape index (κ2) is 10.1. The molecule has 8 heteroatoms. The van der Waals surface area contributed by atoms with Crippen molar-refractivity contribution in [3.8, 4) is 5.75 Å². The van der Waals surface area contributed by atoms with Gasteiger partial charge in [-0.05, 0) is 50.2 Å². The maximum absolute atomic E-state index is 13.1. The number of Topliss-reactive ketones (excluding diaryl/α,β-unsaturated/α-hetero) is 1.